The number of nitrogens with one attached hydrogen (secondary N) is 1. The first kappa shape index (κ1) is 26.6. The molecule has 0 heterocycles. The first-order chi connectivity index (χ1) is 11.2. The second-order valence-electron chi connectivity index (χ2n) is 5.40. The van der Waals surface area contributed by atoms with Gasteiger partial charge in [-0.05, 0) is 20.8 Å². The molecule has 0 aromatic rings. The van der Waals surface area contributed by atoms with Crippen molar-refractivity contribution in [3.8, 4) is 0 Å². The summed E-state index contributed by atoms with van der Waals surface area (Å²) in [7, 11) is -1.19. The Hall–Kier alpha value is -0.620. The predicted octanol–water partition coefficient (Wildman–Crippen LogP) is 0.431. The summed E-state index contributed by atoms with van der Waals surface area (Å²) in [5.41, 5.74) is 0. The molecule has 0 atom stereocenters. The van der Waals surface area contributed by atoms with Crippen LogP contribution in [0.5, 0.6) is 0 Å². The maximum absolute atomic E-state index is 12.2. The molecule has 8 nitrogen and oxygen atoms in total. The van der Waals surface area contributed by atoms with Crippen molar-refractivity contribution in [3.63, 3.8) is 0 Å². The monoisotopic (exact) mass is 492 g/mol. The van der Waals surface area contributed by atoms with E-state index in [1.165, 1.54) is 6.26 Å². The number of guanidine groups is 1. The molecule has 0 spiro atoms. The highest BCUT2D eigenvalue weighted by Crippen LogP contribution is 1.94. The highest BCUT2D eigenvalue weighted by Gasteiger charge is 2.14. The van der Waals surface area contributed by atoms with E-state index in [0.717, 1.165) is 0 Å². The molecule has 1 amide bonds. The smallest absolute Gasteiger partial charge is 0.242 e. The van der Waals surface area contributed by atoms with E-state index < -0.39 is 9.84 Å². The Bertz CT molecular complexity index is 496. The molecular weight excluding hydrogens is 459 g/mol. The lowest BCUT2D eigenvalue weighted by Crippen LogP contribution is -2.45. The van der Waals surface area contributed by atoms with E-state index in [1.807, 2.05) is 27.8 Å². The van der Waals surface area contributed by atoms with Gasteiger partial charge in [-0.2, -0.15) is 0 Å². The number of carbonyl (C=O) groups is 1. The molecule has 10 heteroatoms. The lowest BCUT2D eigenvalue weighted by atomic mass is 10.4. The van der Waals surface area contributed by atoms with Crippen LogP contribution in [0.15, 0.2) is 4.99 Å². The Morgan fingerprint density at radius 1 is 1.16 bits per heavy atom. The van der Waals surface area contributed by atoms with E-state index >= 15 is 0 Å². The summed E-state index contributed by atoms with van der Waals surface area (Å²) >= 11 is 0. The Kier molecular flexibility index (Phi) is 15.5. The third-order valence-electron chi connectivity index (χ3n) is 3.28. The van der Waals surface area contributed by atoms with Gasteiger partial charge >= 0.3 is 0 Å². The minimum Gasteiger partial charge on any atom is -0.378 e. The van der Waals surface area contributed by atoms with Crippen molar-refractivity contribution in [1.82, 2.24) is 15.1 Å². The molecule has 0 aliphatic heterocycles. The fourth-order valence-electron chi connectivity index (χ4n) is 1.95. The molecule has 0 aliphatic rings. The number of halogens is 1. The second kappa shape index (κ2) is 14.5. The van der Waals surface area contributed by atoms with E-state index in [-0.39, 0.29) is 48.8 Å². The van der Waals surface area contributed by atoms with Crippen molar-refractivity contribution >= 4 is 45.7 Å². The summed E-state index contributed by atoms with van der Waals surface area (Å²) in [6.45, 7) is 9.08. The van der Waals surface area contributed by atoms with Crippen molar-refractivity contribution in [3.05, 3.63) is 0 Å². The van der Waals surface area contributed by atoms with Gasteiger partial charge in [0, 0.05) is 32.9 Å². The average molecular weight is 492 g/mol. The first-order valence-electron chi connectivity index (χ1n) is 8.27. The molecule has 1 N–H and O–H groups in total. The van der Waals surface area contributed by atoms with Crippen LogP contribution in [0, 0.1) is 0 Å². The molecule has 0 aliphatic carbocycles. The molecule has 150 valence electrons. The number of nitrogens with zero attached hydrogens (tertiary/aromatic N) is 3. The van der Waals surface area contributed by atoms with E-state index in [4.69, 9.17) is 4.74 Å². The van der Waals surface area contributed by atoms with Crippen LogP contribution >= 0.6 is 24.0 Å². The third-order valence-corrected chi connectivity index (χ3v) is 4.19. The maximum Gasteiger partial charge on any atom is 0.242 e. The van der Waals surface area contributed by atoms with Gasteiger partial charge in [-0.25, -0.2) is 8.42 Å². The number of sulfone groups is 1. The Labute approximate surface area is 169 Å². The van der Waals surface area contributed by atoms with Crippen molar-refractivity contribution in [2.45, 2.75) is 20.8 Å². The van der Waals surface area contributed by atoms with Crippen LogP contribution in [0.3, 0.4) is 0 Å². The van der Waals surface area contributed by atoms with Crippen LogP contribution in [0.4, 0.5) is 0 Å². The molecule has 0 radical (unpaired) electrons. The average Bonchev–Trinajstić information content (AvgIpc) is 2.49. The SMILES string of the molecule is CCNC(=NCCOCCS(C)(=O)=O)N(C)CC(=O)N(CC)CC.I. The van der Waals surface area contributed by atoms with E-state index in [2.05, 4.69) is 10.3 Å². The van der Waals surface area contributed by atoms with Crippen LogP contribution in [0.2, 0.25) is 0 Å². The van der Waals surface area contributed by atoms with E-state index in [0.29, 0.717) is 38.7 Å². The van der Waals surface area contributed by atoms with Gasteiger partial charge in [0.1, 0.15) is 9.84 Å². The lowest BCUT2D eigenvalue weighted by Gasteiger charge is -2.25. The number of likely N-dealkylation sites (N-methyl/N-ethyl adjacent to an activating group) is 2. The lowest BCUT2D eigenvalue weighted by molar-refractivity contribution is -0.131. The Morgan fingerprint density at radius 2 is 1.76 bits per heavy atom. The molecule has 0 aromatic heterocycles. The van der Waals surface area contributed by atoms with Gasteiger partial charge in [0.15, 0.2) is 5.96 Å². The molecule has 0 fully saturated rings. The topological polar surface area (TPSA) is 91.3 Å². The summed E-state index contributed by atoms with van der Waals surface area (Å²) < 4.78 is 27.3. The molecule has 0 rings (SSSR count). The summed E-state index contributed by atoms with van der Waals surface area (Å²) in [5, 5.41) is 3.13. The minimum absolute atomic E-state index is 0. The van der Waals surface area contributed by atoms with Gasteiger partial charge in [-0.3, -0.25) is 9.79 Å². The fraction of sp³-hybridized carbons (Fsp3) is 0.867. The van der Waals surface area contributed by atoms with Crippen LogP contribution in [0.1, 0.15) is 20.8 Å². The minimum atomic E-state index is -3.00. The van der Waals surface area contributed by atoms with Gasteiger partial charge in [0.25, 0.3) is 0 Å². The van der Waals surface area contributed by atoms with Gasteiger partial charge in [-0.15, -0.1) is 24.0 Å². The number of carbonyl (C=O) groups excluding carboxylic acids is 1. The summed E-state index contributed by atoms with van der Waals surface area (Å²) in [4.78, 5) is 20.1. The predicted molar refractivity (Wildman–Crippen MR) is 112 cm³/mol. The number of hydrogen-bond donors (Lipinski definition) is 1. The fourth-order valence-corrected chi connectivity index (χ4v) is 2.37. The highest BCUT2D eigenvalue weighted by atomic mass is 127. The number of aliphatic imine (C=N–C) groups is 1. The van der Waals surface area contributed by atoms with Gasteiger partial charge < -0.3 is 19.9 Å². The zero-order valence-electron chi connectivity index (χ0n) is 15.9. The third kappa shape index (κ3) is 13.3. The molecule has 0 aromatic carbocycles. The second-order valence-corrected chi connectivity index (χ2v) is 7.66. The van der Waals surface area contributed by atoms with Crippen LogP contribution in [-0.2, 0) is 19.4 Å². The molecule has 0 bridgehead atoms. The number of ether oxygens (including phenoxy) is 1. The Morgan fingerprint density at radius 3 is 2.24 bits per heavy atom. The summed E-state index contributed by atoms with van der Waals surface area (Å²) in [6.07, 6.45) is 1.18. The molecular formula is C15H33IN4O4S. The highest BCUT2D eigenvalue weighted by molar-refractivity contribution is 14.0. The largest absolute Gasteiger partial charge is 0.378 e. The van der Waals surface area contributed by atoms with Gasteiger partial charge in [-0.1, -0.05) is 0 Å². The summed E-state index contributed by atoms with van der Waals surface area (Å²) in [5.74, 6) is 0.692. The van der Waals surface area contributed by atoms with E-state index in [9.17, 15) is 13.2 Å². The van der Waals surface area contributed by atoms with Crippen LogP contribution in [-0.4, -0.2) is 95.1 Å². The molecule has 0 saturated heterocycles. The van der Waals surface area contributed by atoms with Gasteiger partial charge in [0.2, 0.25) is 5.91 Å². The number of rotatable bonds is 11. The van der Waals surface area contributed by atoms with Gasteiger partial charge in [0.05, 0.1) is 32.1 Å². The standard InChI is InChI=1S/C15H32N4O4S.HI/c1-6-16-15(17-9-10-23-11-12-24(5,21)22)18(4)13-14(20)19(7-2)8-3;/h6-13H2,1-5H3,(H,16,17);1H. The normalized spacial score (nSPS) is 11.6. The Balaban J connectivity index is 0. The van der Waals surface area contributed by atoms with Crippen LogP contribution < -0.4 is 5.32 Å². The van der Waals surface area contributed by atoms with Crippen molar-refractivity contribution < 1.29 is 17.9 Å². The van der Waals surface area contributed by atoms with Crippen LogP contribution in [0.25, 0.3) is 0 Å². The summed E-state index contributed by atoms with van der Waals surface area (Å²) in [6, 6.07) is 0. The first-order valence-corrected chi connectivity index (χ1v) is 10.3. The van der Waals surface area contributed by atoms with Crippen molar-refractivity contribution in [1.29, 1.82) is 0 Å². The maximum atomic E-state index is 12.2. The molecule has 0 saturated carbocycles. The van der Waals surface area contributed by atoms with E-state index in [1.54, 1.807) is 9.80 Å². The number of amides is 1. The zero-order valence-corrected chi connectivity index (χ0v) is 19.1. The zero-order chi connectivity index (χ0) is 18.6. The van der Waals surface area contributed by atoms with Crippen molar-refractivity contribution in [2.75, 3.05) is 65.0 Å². The number of hydrogen-bond acceptors (Lipinski definition) is 5. The van der Waals surface area contributed by atoms with Crippen molar-refractivity contribution in [2.24, 2.45) is 4.99 Å². The molecule has 0 unspecified atom stereocenters. The molecule has 25 heavy (non-hydrogen) atoms. The quantitative estimate of drug-likeness (QED) is 0.195.